The summed E-state index contributed by atoms with van der Waals surface area (Å²) in [5.41, 5.74) is 6.29. The summed E-state index contributed by atoms with van der Waals surface area (Å²) in [6.45, 7) is 2.09. The Morgan fingerprint density at radius 1 is 1.19 bits per heavy atom. The number of rotatable bonds is 2. The Morgan fingerprint density at radius 3 is 2.77 bits per heavy atom. The second-order valence-corrected chi connectivity index (χ2v) is 7.73. The molecule has 0 amide bonds. The first kappa shape index (κ1) is 15.7. The Labute approximate surface area is 153 Å². The second-order valence-electron chi connectivity index (χ2n) is 7.73. The van der Waals surface area contributed by atoms with Crippen molar-refractivity contribution < 1.29 is 0 Å². The second kappa shape index (κ2) is 5.72. The molecular weight excluding hydrogens is 322 g/mol. The highest BCUT2D eigenvalue weighted by Crippen LogP contribution is 2.39. The lowest BCUT2D eigenvalue weighted by Crippen LogP contribution is -2.32. The lowest BCUT2D eigenvalue weighted by molar-refractivity contribution is 0.315. The average Bonchev–Trinajstić information content (AvgIpc) is 3.37. The molecule has 0 radical (unpaired) electrons. The Hall–Kier alpha value is -2.58. The van der Waals surface area contributed by atoms with Crippen molar-refractivity contribution in [2.75, 3.05) is 32.1 Å². The van der Waals surface area contributed by atoms with Crippen LogP contribution in [0.5, 0.6) is 0 Å². The SMILES string of the molecule is CN(C)C1CCN(c2c3c(c(C#N)c4nc5ccccc5n24)CCC3)C1. The molecule has 1 saturated heterocycles. The van der Waals surface area contributed by atoms with Gasteiger partial charge in [0, 0.05) is 19.1 Å². The summed E-state index contributed by atoms with van der Waals surface area (Å²) in [7, 11) is 4.33. The third kappa shape index (κ3) is 2.09. The van der Waals surface area contributed by atoms with E-state index in [4.69, 9.17) is 4.98 Å². The Balaban J connectivity index is 1.83. The number of fused-ring (bicyclic) bond motifs is 4. The molecule has 5 nitrogen and oxygen atoms in total. The van der Waals surface area contributed by atoms with Crippen LogP contribution < -0.4 is 4.90 Å². The fourth-order valence-corrected chi connectivity index (χ4v) is 4.75. The van der Waals surface area contributed by atoms with Crippen LogP contribution in [0.25, 0.3) is 16.7 Å². The molecule has 2 aliphatic rings. The number of hydrogen-bond donors (Lipinski definition) is 0. The molecule has 1 atom stereocenters. The maximum atomic E-state index is 9.87. The largest absolute Gasteiger partial charge is 0.356 e. The molecule has 2 aromatic heterocycles. The van der Waals surface area contributed by atoms with E-state index in [1.807, 2.05) is 12.1 Å². The molecule has 3 aromatic rings. The van der Waals surface area contributed by atoms with Crippen LogP contribution in [0.2, 0.25) is 0 Å². The number of anilines is 1. The van der Waals surface area contributed by atoms with Gasteiger partial charge < -0.3 is 9.80 Å². The fourth-order valence-electron chi connectivity index (χ4n) is 4.75. The van der Waals surface area contributed by atoms with E-state index in [1.54, 1.807) is 0 Å². The first-order chi connectivity index (χ1) is 12.7. The molecule has 1 fully saturated rings. The highest BCUT2D eigenvalue weighted by molar-refractivity contribution is 5.86. The number of aromatic nitrogens is 2. The standard InChI is InChI=1S/C21H23N5/c1-24(2)14-10-11-25(13-14)21-16-7-5-6-15(16)17(12-22)20-23-18-8-3-4-9-19(18)26(20)21/h3-4,8-9,14H,5-7,10-11,13H2,1-2H3. The number of likely N-dealkylation sites (N-methyl/N-ethyl adjacent to an activating group) is 1. The number of pyridine rings is 1. The minimum absolute atomic E-state index is 0.576. The van der Waals surface area contributed by atoms with E-state index in [2.05, 4.69) is 46.5 Å². The smallest absolute Gasteiger partial charge is 0.157 e. The minimum atomic E-state index is 0.576. The van der Waals surface area contributed by atoms with Gasteiger partial charge in [-0.1, -0.05) is 12.1 Å². The van der Waals surface area contributed by atoms with Gasteiger partial charge in [-0.3, -0.25) is 4.40 Å². The van der Waals surface area contributed by atoms with E-state index in [9.17, 15) is 5.26 Å². The van der Waals surface area contributed by atoms with E-state index >= 15 is 0 Å². The quantitative estimate of drug-likeness (QED) is 0.716. The molecule has 1 aliphatic heterocycles. The van der Waals surface area contributed by atoms with Crippen molar-refractivity contribution >= 4 is 22.5 Å². The predicted molar refractivity (Wildman–Crippen MR) is 104 cm³/mol. The zero-order valence-electron chi connectivity index (χ0n) is 15.4. The van der Waals surface area contributed by atoms with Crippen molar-refractivity contribution in [1.82, 2.24) is 14.3 Å². The normalized spacial score (nSPS) is 19.6. The number of imidazole rings is 1. The summed E-state index contributed by atoms with van der Waals surface area (Å²) < 4.78 is 2.26. The highest BCUT2D eigenvalue weighted by Gasteiger charge is 2.32. The molecule has 1 aromatic carbocycles. The number of nitriles is 1. The van der Waals surface area contributed by atoms with Crippen LogP contribution in [0.15, 0.2) is 24.3 Å². The topological polar surface area (TPSA) is 47.6 Å². The molecule has 3 heterocycles. The molecule has 0 N–H and O–H groups in total. The summed E-state index contributed by atoms with van der Waals surface area (Å²) in [6, 6.07) is 11.3. The van der Waals surface area contributed by atoms with Crippen LogP contribution in [-0.4, -0.2) is 47.5 Å². The van der Waals surface area contributed by atoms with Crippen molar-refractivity contribution in [3.63, 3.8) is 0 Å². The zero-order valence-corrected chi connectivity index (χ0v) is 15.4. The van der Waals surface area contributed by atoms with Crippen molar-refractivity contribution in [2.45, 2.75) is 31.7 Å². The van der Waals surface area contributed by atoms with E-state index in [-0.39, 0.29) is 0 Å². The third-order valence-electron chi connectivity index (χ3n) is 6.09. The molecular formula is C21H23N5. The van der Waals surface area contributed by atoms with E-state index in [0.717, 1.165) is 54.6 Å². The molecule has 1 aliphatic carbocycles. The van der Waals surface area contributed by atoms with Gasteiger partial charge in [-0.2, -0.15) is 5.26 Å². The van der Waals surface area contributed by atoms with Gasteiger partial charge in [0.2, 0.25) is 0 Å². The maximum Gasteiger partial charge on any atom is 0.157 e. The lowest BCUT2D eigenvalue weighted by Gasteiger charge is -2.26. The van der Waals surface area contributed by atoms with Gasteiger partial charge in [0.1, 0.15) is 11.9 Å². The summed E-state index contributed by atoms with van der Waals surface area (Å²) in [5.74, 6) is 1.28. The summed E-state index contributed by atoms with van der Waals surface area (Å²) in [5, 5.41) is 9.87. The van der Waals surface area contributed by atoms with Gasteiger partial charge in [-0.25, -0.2) is 4.98 Å². The number of nitrogens with zero attached hydrogens (tertiary/aromatic N) is 5. The van der Waals surface area contributed by atoms with Crippen molar-refractivity contribution in [3.05, 3.63) is 41.0 Å². The molecule has 1 unspecified atom stereocenters. The number of para-hydroxylation sites is 2. The first-order valence-corrected chi connectivity index (χ1v) is 9.45. The molecule has 132 valence electrons. The van der Waals surface area contributed by atoms with Gasteiger partial charge in [-0.05, 0) is 63.0 Å². The molecule has 5 rings (SSSR count). The Morgan fingerprint density at radius 2 is 2.00 bits per heavy atom. The maximum absolute atomic E-state index is 9.87. The number of benzene rings is 1. The molecule has 26 heavy (non-hydrogen) atoms. The molecule has 0 saturated carbocycles. The van der Waals surface area contributed by atoms with Crippen LogP contribution in [0.3, 0.4) is 0 Å². The molecule has 0 spiro atoms. The van der Waals surface area contributed by atoms with Gasteiger partial charge in [-0.15, -0.1) is 0 Å². The predicted octanol–water partition coefficient (Wildman–Crippen LogP) is 2.99. The Bertz CT molecular complexity index is 1060. The van der Waals surface area contributed by atoms with Gasteiger partial charge in [0.25, 0.3) is 0 Å². The van der Waals surface area contributed by atoms with Crippen LogP contribution >= 0.6 is 0 Å². The van der Waals surface area contributed by atoms with Gasteiger partial charge in [0.15, 0.2) is 5.65 Å². The van der Waals surface area contributed by atoms with Crippen LogP contribution in [-0.2, 0) is 12.8 Å². The first-order valence-electron chi connectivity index (χ1n) is 9.45. The monoisotopic (exact) mass is 345 g/mol. The summed E-state index contributed by atoms with van der Waals surface area (Å²) in [4.78, 5) is 9.70. The minimum Gasteiger partial charge on any atom is -0.356 e. The summed E-state index contributed by atoms with van der Waals surface area (Å²) >= 11 is 0. The number of hydrogen-bond acceptors (Lipinski definition) is 4. The van der Waals surface area contributed by atoms with Crippen LogP contribution in [0.1, 0.15) is 29.5 Å². The molecule has 0 bridgehead atoms. The van der Waals surface area contributed by atoms with Gasteiger partial charge in [0.05, 0.1) is 16.6 Å². The van der Waals surface area contributed by atoms with E-state index in [1.165, 1.54) is 23.4 Å². The van der Waals surface area contributed by atoms with Crippen LogP contribution in [0.4, 0.5) is 5.82 Å². The Kier molecular flexibility index (Phi) is 3.44. The third-order valence-corrected chi connectivity index (χ3v) is 6.09. The fraction of sp³-hybridized carbons (Fsp3) is 0.429. The lowest BCUT2D eigenvalue weighted by atomic mass is 10.1. The highest BCUT2D eigenvalue weighted by atomic mass is 15.3. The van der Waals surface area contributed by atoms with Gasteiger partial charge >= 0.3 is 0 Å². The van der Waals surface area contributed by atoms with Crippen molar-refractivity contribution in [1.29, 1.82) is 5.26 Å². The van der Waals surface area contributed by atoms with Crippen molar-refractivity contribution in [2.24, 2.45) is 0 Å². The molecule has 5 heteroatoms. The van der Waals surface area contributed by atoms with Crippen LogP contribution in [0, 0.1) is 11.3 Å². The van der Waals surface area contributed by atoms with E-state index in [0.29, 0.717) is 6.04 Å². The van der Waals surface area contributed by atoms with E-state index < -0.39 is 0 Å². The average molecular weight is 345 g/mol. The zero-order chi connectivity index (χ0) is 17.8. The van der Waals surface area contributed by atoms with Crippen molar-refractivity contribution in [3.8, 4) is 6.07 Å². The summed E-state index contributed by atoms with van der Waals surface area (Å²) in [6.07, 6.45) is 4.36.